The molecule has 0 saturated heterocycles. The molecule has 3 N–H and O–H groups in total. The van der Waals surface area contributed by atoms with Crippen molar-refractivity contribution in [3.63, 3.8) is 0 Å². The van der Waals surface area contributed by atoms with Crippen LogP contribution in [0.1, 0.15) is 37.4 Å². The number of nitrogens with two attached hydrogens (primary N) is 1. The molecule has 1 aromatic rings. The van der Waals surface area contributed by atoms with E-state index in [1.165, 1.54) is 12.5 Å². The van der Waals surface area contributed by atoms with Gasteiger partial charge in [-0.3, -0.25) is 0 Å². The van der Waals surface area contributed by atoms with Gasteiger partial charge in [-0.1, -0.05) is 24.1 Å². The zero-order valence-corrected chi connectivity index (χ0v) is 11.5. The molecule has 4 atom stereocenters. The van der Waals surface area contributed by atoms with E-state index in [9.17, 15) is 9.50 Å². The molecule has 0 aromatic heterocycles. The third-order valence-corrected chi connectivity index (χ3v) is 5.44. The van der Waals surface area contributed by atoms with Crippen LogP contribution in [0.5, 0.6) is 0 Å². The van der Waals surface area contributed by atoms with Crippen molar-refractivity contribution in [2.45, 2.75) is 31.8 Å². The number of aliphatic hydroxyl groups excluding tert-OH is 1. The normalized spacial score (nSPS) is 34.7. The number of benzene rings is 1. The topological polar surface area (TPSA) is 46.2 Å². The summed E-state index contributed by atoms with van der Waals surface area (Å²) in [5.41, 5.74) is 5.95. The second kappa shape index (κ2) is 4.72. The van der Waals surface area contributed by atoms with E-state index in [1.54, 1.807) is 12.1 Å². The maximum Gasteiger partial charge on any atom is 0.130 e. The molecule has 19 heavy (non-hydrogen) atoms. The molecule has 2 saturated carbocycles. The Kier molecular flexibility index (Phi) is 3.32. The predicted octanol–water partition coefficient (Wildman–Crippen LogP) is 3.28. The van der Waals surface area contributed by atoms with E-state index in [1.807, 2.05) is 0 Å². The summed E-state index contributed by atoms with van der Waals surface area (Å²) in [7, 11) is 0. The van der Waals surface area contributed by atoms with E-state index in [2.05, 4.69) is 0 Å². The molecule has 3 rings (SSSR count). The molecule has 4 heteroatoms. The van der Waals surface area contributed by atoms with Gasteiger partial charge in [0.1, 0.15) is 5.82 Å². The van der Waals surface area contributed by atoms with Crippen LogP contribution in [0, 0.1) is 23.1 Å². The van der Waals surface area contributed by atoms with Gasteiger partial charge in [0.2, 0.25) is 0 Å². The summed E-state index contributed by atoms with van der Waals surface area (Å²) < 4.78 is 14.0. The lowest BCUT2D eigenvalue weighted by atomic mass is 9.67. The maximum atomic E-state index is 14.0. The number of aliphatic hydroxyl groups is 1. The average molecular weight is 284 g/mol. The van der Waals surface area contributed by atoms with Crippen LogP contribution in [0.25, 0.3) is 0 Å². The Morgan fingerprint density at radius 2 is 2.26 bits per heavy atom. The monoisotopic (exact) mass is 283 g/mol. The van der Waals surface area contributed by atoms with E-state index < -0.39 is 11.9 Å². The molecule has 2 aliphatic rings. The minimum absolute atomic E-state index is 0.336. The highest BCUT2D eigenvalue weighted by atomic mass is 35.5. The molecule has 0 radical (unpaired) electrons. The van der Waals surface area contributed by atoms with Gasteiger partial charge in [0, 0.05) is 22.5 Å². The predicted molar refractivity (Wildman–Crippen MR) is 73.3 cm³/mol. The van der Waals surface area contributed by atoms with E-state index in [4.69, 9.17) is 17.3 Å². The fourth-order valence-corrected chi connectivity index (χ4v) is 4.37. The highest BCUT2D eigenvalue weighted by Crippen LogP contribution is 2.60. The molecule has 2 fully saturated rings. The first kappa shape index (κ1) is 13.3. The van der Waals surface area contributed by atoms with Crippen LogP contribution < -0.4 is 5.73 Å². The average Bonchev–Trinajstić information content (AvgIpc) is 2.98. The van der Waals surface area contributed by atoms with Crippen molar-refractivity contribution in [2.75, 3.05) is 6.54 Å². The van der Waals surface area contributed by atoms with E-state index in [0.717, 1.165) is 19.3 Å². The molecule has 1 aromatic carbocycles. The van der Waals surface area contributed by atoms with Crippen LogP contribution in [0.2, 0.25) is 5.02 Å². The molecule has 104 valence electrons. The lowest BCUT2D eigenvalue weighted by Gasteiger charge is -2.41. The van der Waals surface area contributed by atoms with Gasteiger partial charge in [-0.05, 0) is 43.2 Å². The van der Waals surface area contributed by atoms with Gasteiger partial charge in [-0.25, -0.2) is 4.39 Å². The zero-order valence-electron chi connectivity index (χ0n) is 10.8. The lowest BCUT2D eigenvalue weighted by Crippen LogP contribution is -2.41. The van der Waals surface area contributed by atoms with Crippen molar-refractivity contribution in [3.8, 4) is 0 Å². The number of hydrogen-bond donors (Lipinski definition) is 2. The molecule has 0 spiro atoms. The Morgan fingerprint density at radius 1 is 1.47 bits per heavy atom. The molecule has 0 amide bonds. The summed E-state index contributed by atoms with van der Waals surface area (Å²) in [5.74, 6) is 0.640. The Morgan fingerprint density at radius 3 is 2.79 bits per heavy atom. The second-order valence-electron chi connectivity index (χ2n) is 6.09. The minimum Gasteiger partial charge on any atom is -0.388 e. The molecule has 2 bridgehead atoms. The summed E-state index contributed by atoms with van der Waals surface area (Å²) in [4.78, 5) is 0. The SMILES string of the molecule is NCC1(C(O)c2ccc(Cl)cc2F)CC2CCC1C2. The molecule has 0 heterocycles. The fraction of sp³-hybridized carbons (Fsp3) is 0.600. The first-order valence-corrected chi connectivity index (χ1v) is 7.27. The van der Waals surface area contributed by atoms with Gasteiger partial charge in [0.15, 0.2) is 0 Å². The molecule has 0 aliphatic heterocycles. The number of hydrogen-bond acceptors (Lipinski definition) is 2. The van der Waals surface area contributed by atoms with Gasteiger partial charge in [-0.2, -0.15) is 0 Å². The molecular weight excluding hydrogens is 265 g/mol. The number of halogens is 2. The zero-order chi connectivity index (χ0) is 13.6. The highest BCUT2D eigenvalue weighted by molar-refractivity contribution is 6.30. The van der Waals surface area contributed by atoms with Crippen LogP contribution in [0.3, 0.4) is 0 Å². The lowest BCUT2D eigenvalue weighted by molar-refractivity contribution is -0.0151. The van der Waals surface area contributed by atoms with Crippen molar-refractivity contribution >= 4 is 11.6 Å². The standard InChI is InChI=1S/C15H19ClFNO/c16-11-3-4-12(13(17)6-11)14(19)15(8-18)7-9-1-2-10(15)5-9/h3-4,6,9-10,14,19H,1-2,5,7-8,18H2. The fourth-order valence-electron chi connectivity index (χ4n) is 4.22. The van der Waals surface area contributed by atoms with Crippen molar-refractivity contribution in [1.29, 1.82) is 0 Å². The summed E-state index contributed by atoms with van der Waals surface area (Å²) in [6.45, 7) is 0.414. The summed E-state index contributed by atoms with van der Waals surface area (Å²) in [5, 5.41) is 11.1. The molecule has 4 unspecified atom stereocenters. The van der Waals surface area contributed by atoms with E-state index >= 15 is 0 Å². The van der Waals surface area contributed by atoms with Crippen molar-refractivity contribution in [1.82, 2.24) is 0 Å². The van der Waals surface area contributed by atoms with Crippen LogP contribution in [0.15, 0.2) is 18.2 Å². The van der Waals surface area contributed by atoms with E-state index in [-0.39, 0.29) is 5.41 Å². The van der Waals surface area contributed by atoms with Crippen molar-refractivity contribution in [3.05, 3.63) is 34.6 Å². The summed E-state index contributed by atoms with van der Waals surface area (Å²) in [6.07, 6.45) is 3.54. The second-order valence-corrected chi connectivity index (χ2v) is 6.52. The van der Waals surface area contributed by atoms with Crippen LogP contribution in [-0.2, 0) is 0 Å². The van der Waals surface area contributed by atoms with Crippen molar-refractivity contribution < 1.29 is 9.50 Å². The number of fused-ring (bicyclic) bond motifs is 2. The van der Waals surface area contributed by atoms with Gasteiger partial charge < -0.3 is 10.8 Å². The van der Waals surface area contributed by atoms with Crippen LogP contribution in [0.4, 0.5) is 4.39 Å². The Labute approximate surface area is 117 Å². The third kappa shape index (κ3) is 1.99. The molecule has 2 nitrogen and oxygen atoms in total. The Hall–Kier alpha value is -0.640. The maximum absolute atomic E-state index is 14.0. The molecule has 2 aliphatic carbocycles. The first-order chi connectivity index (χ1) is 9.06. The van der Waals surface area contributed by atoms with Gasteiger partial charge in [0.05, 0.1) is 6.10 Å². The van der Waals surface area contributed by atoms with Gasteiger partial charge in [0.25, 0.3) is 0 Å². The highest BCUT2D eigenvalue weighted by Gasteiger charge is 2.54. The Balaban J connectivity index is 1.96. The third-order valence-electron chi connectivity index (χ3n) is 5.20. The van der Waals surface area contributed by atoms with Crippen molar-refractivity contribution in [2.24, 2.45) is 23.0 Å². The van der Waals surface area contributed by atoms with Crippen LogP contribution >= 0.6 is 11.6 Å². The minimum atomic E-state index is -0.829. The van der Waals surface area contributed by atoms with Crippen LogP contribution in [-0.4, -0.2) is 11.7 Å². The van der Waals surface area contributed by atoms with Gasteiger partial charge >= 0.3 is 0 Å². The Bertz CT molecular complexity index is 495. The summed E-state index contributed by atoms with van der Waals surface area (Å²) in [6, 6.07) is 4.48. The summed E-state index contributed by atoms with van der Waals surface area (Å²) >= 11 is 5.77. The quantitative estimate of drug-likeness (QED) is 0.894. The van der Waals surface area contributed by atoms with Gasteiger partial charge in [-0.15, -0.1) is 0 Å². The largest absolute Gasteiger partial charge is 0.388 e. The molecular formula is C15H19ClFNO. The first-order valence-electron chi connectivity index (χ1n) is 6.90. The van der Waals surface area contributed by atoms with E-state index in [0.29, 0.717) is 29.0 Å². The number of rotatable bonds is 3. The smallest absolute Gasteiger partial charge is 0.130 e.